The number of nitrogens with zero attached hydrogens (tertiary/aromatic N) is 1. The van der Waals surface area contributed by atoms with Gasteiger partial charge in [-0.15, -0.1) is 0 Å². The maximum atomic E-state index is 11.6. The van der Waals surface area contributed by atoms with Crippen molar-refractivity contribution in [1.82, 2.24) is 4.90 Å². The molecule has 1 saturated heterocycles. The maximum absolute atomic E-state index is 11.6. The molecule has 0 bridgehead atoms. The second-order valence-electron chi connectivity index (χ2n) is 4.77. The topological polar surface area (TPSA) is 87.1 Å². The minimum atomic E-state index is -1.02. The first-order chi connectivity index (χ1) is 7.26. The van der Waals surface area contributed by atoms with Crippen molar-refractivity contribution in [1.29, 1.82) is 0 Å². The molecule has 0 aromatic rings. The molecule has 2 atom stereocenters. The van der Waals surface area contributed by atoms with E-state index in [0.717, 1.165) is 4.90 Å². The number of aliphatic hydroxyl groups excluding tert-OH is 2. The Balaban J connectivity index is 2.78. The number of aliphatic hydroxyl groups is 2. The van der Waals surface area contributed by atoms with Gasteiger partial charge in [0.2, 0.25) is 5.91 Å². The molecular weight excluding hydrogens is 214 g/mol. The number of ether oxygens (including phenoxy) is 1. The highest BCUT2D eigenvalue weighted by atomic mass is 16.6. The van der Waals surface area contributed by atoms with Crippen LogP contribution >= 0.6 is 0 Å². The van der Waals surface area contributed by atoms with Gasteiger partial charge in [0, 0.05) is 0 Å². The zero-order valence-electron chi connectivity index (χ0n) is 9.64. The molecule has 0 saturated carbocycles. The molecule has 0 aromatic heterocycles. The minimum Gasteiger partial charge on any atom is -0.443 e. The third-order valence-electron chi connectivity index (χ3n) is 2.21. The second-order valence-corrected chi connectivity index (χ2v) is 4.77. The van der Waals surface area contributed by atoms with Crippen molar-refractivity contribution < 1.29 is 24.5 Å². The van der Waals surface area contributed by atoms with E-state index in [1.807, 2.05) is 0 Å². The first-order valence-corrected chi connectivity index (χ1v) is 5.10. The molecule has 1 aliphatic rings. The van der Waals surface area contributed by atoms with Gasteiger partial charge in [-0.2, -0.15) is 0 Å². The summed E-state index contributed by atoms with van der Waals surface area (Å²) in [5.74, 6) is -0.527. The molecule has 0 aromatic carbocycles. The summed E-state index contributed by atoms with van der Waals surface area (Å²) in [5.41, 5.74) is -0.717. The van der Waals surface area contributed by atoms with Crippen LogP contribution in [0.4, 0.5) is 4.79 Å². The predicted molar refractivity (Wildman–Crippen MR) is 54.6 cm³/mol. The molecule has 1 rings (SSSR count). The molecule has 0 aliphatic carbocycles. The Labute approximate surface area is 93.8 Å². The van der Waals surface area contributed by atoms with E-state index in [0.29, 0.717) is 0 Å². The largest absolute Gasteiger partial charge is 0.443 e. The smallest absolute Gasteiger partial charge is 0.417 e. The van der Waals surface area contributed by atoms with Gasteiger partial charge < -0.3 is 14.9 Å². The zero-order valence-corrected chi connectivity index (χ0v) is 9.64. The number of hydrogen-bond donors (Lipinski definition) is 2. The summed E-state index contributed by atoms with van der Waals surface area (Å²) in [5, 5.41) is 18.5. The lowest BCUT2D eigenvalue weighted by Crippen LogP contribution is -2.46. The minimum absolute atomic E-state index is 0.162. The average Bonchev–Trinajstić information content (AvgIpc) is 2.37. The van der Waals surface area contributed by atoms with Crippen LogP contribution in [0.3, 0.4) is 0 Å². The van der Waals surface area contributed by atoms with E-state index in [9.17, 15) is 14.7 Å². The molecule has 1 aliphatic heterocycles. The van der Waals surface area contributed by atoms with Crippen molar-refractivity contribution in [2.24, 2.45) is 0 Å². The highest BCUT2D eigenvalue weighted by Gasteiger charge is 2.43. The molecule has 0 radical (unpaired) electrons. The molecule has 0 spiro atoms. The van der Waals surface area contributed by atoms with Gasteiger partial charge in [-0.05, 0) is 20.8 Å². The Kier molecular flexibility index (Phi) is 3.54. The molecule has 6 nitrogen and oxygen atoms in total. The van der Waals surface area contributed by atoms with E-state index in [1.54, 1.807) is 20.8 Å². The first kappa shape index (κ1) is 12.9. The second kappa shape index (κ2) is 4.39. The summed E-state index contributed by atoms with van der Waals surface area (Å²) in [6, 6.07) is -0.901. The molecule has 16 heavy (non-hydrogen) atoms. The lowest BCUT2D eigenvalue weighted by Gasteiger charge is -2.27. The fourth-order valence-electron chi connectivity index (χ4n) is 1.52. The summed E-state index contributed by atoms with van der Waals surface area (Å²) in [7, 11) is 0. The lowest BCUT2D eigenvalue weighted by molar-refractivity contribution is -0.128. The monoisotopic (exact) mass is 231 g/mol. The average molecular weight is 231 g/mol. The quantitative estimate of drug-likeness (QED) is 0.656. The molecule has 2 N–H and O–H groups in total. The normalized spacial score (nSPS) is 26.1. The van der Waals surface area contributed by atoms with E-state index in [1.165, 1.54) is 0 Å². The Morgan fingerprint density at radius 2 is 2.12 bits per heavy atom. The third-order valence-corrected chi connectivity index (χ3v) is 2.21. The standard InChI is InChI=1S/C10H17NO5/c1-10(2,3)16-9(15)11-6(5-12)7(13)4-8(11)14/h6-7,12-13H,4-5H2,1-3H3/t6-,7+/m1/s1. The van der Waals surface area contributed by atoms with Crippen LogP contribution in [-0.4, -0.2) is 51.5 Å². The van der Waals surface area contributed by atoms with Gasteiger partial charge in [0.05, 0.1) is 25.2 Å². The number of imide groups is 1. The van der Waals surface area contributed by atoms with Crippen LogP contribution in [0.2, 0.25) is 0 Å². The fraction of sp³-hybridized carbons (Fsp3) is 0.800. The van der Waals surface area contributed by atoms with Crippen LogP contribution in [0.5, 0.6) is 0 Å². The summed E-state index contributed by atoms with van der Waals surface area (Å²) in [6.07, 6.45) is -2.01. The van der Waals surface area contributed by atoms with Crippen LogP contribution in [0.15, 0.2) is 0 Å². The highest BCUT2D eigenvalue weighted by molar-refractivity contribution is 5.94. The number of likely N-dealkylation sites (tertiary alicyclic amines) is 1. The molecule has 2 amide bonds. The van der Waals surface area contributed by atoms with Crippen molar-refractivity contribution >= 4 is 12.0 Å². The highest BCUT2D eigenvalue weighted by Crippen LogP contribution is 2.22. The van der Waals surface area contributed by atoms with E-state index in [4.69, 9.17) is 9.84 Å². The van der Waals surface area contributed by atoms with Crippen molar-refractivity contribution in [3.05, 3.63) is 0 Å². The van der Waals surface area contributed by atoms with Crippen molar-refractivity contribution in [3.8, 4) is 0 Å². The van der Waals surface area contributed by atoms with Crippen LogP contribution in [0.25, 0.3) is 0 Å². The van der Waals surface area contributed by atoms with Crippen LogP contribution < -0.4 is 0 Å². The number of hydrogen-bond acceptors (Lipinski definition) is 5. The SMILES string of the molecule is CC(C)(C)OC(=O)N1C(=O)C[C@H](O)[C@H]1CO. The van der Waals surface area contributed by atoms with Crippen molar-refractivity contribution in [2.75, 3.05) is 6.61 Å². The van der Waals surface area contributed by atoms with Gasteiger partial charge in [0.1, 0.15) is 5.60 Å². The maximum Gasteiger partial charge on any atom is 0.417 e. The van der Waals surface area contributed by atoms with E-state index in [-0.39, 0.29) is 6.42 Å². The van der Waals surface area contributed by atoms with Crippen molar-refractivity contribution in [2.45, 2.75) is 44.9 Å². The van der Waals surface area contributed by atoms with Crippen LogP contribution in [0, 0.1) is 0 Å². The fourth-order valence-corrected chi connectivity index (χ4v) is 1.52. The summed E-state index contributed by atoms with van der Waals surface area (Å²) in [6.45, 7) is 4.56. The lowest BCUT2D eigenvalue weighted by atomic mass is 10.2. The van der Waals surface area contributed by atoms with Crippen molar-refractivity contribution in [3.63, 3.8) is 0 Å². The van der Waals surface area contributed by atoms with Gasteiger partial charge in [0.25, 0.3) is 0 Å². The van der Waals surface area contributed by atoms with Gasteiger partial charge >= 0.3 is 6.09 Å². The van der Waals surface area contributed by atoms with E-state index in [2.05, 4.69) is 0 Å². The number of carbonyl (C=O) groups excluding carboxylic acids is 2. The predicted octanol–water partition coefficient (Wildman–Crippen LogP) is -0.124. The van der Waals surface area contributed by atoms with Gasteiger partial charge in [-0.25, -0.2) is 9.69 Å². The number of carbonyl (C=O) groups is 2. The van der Waals surface area contributed by atoms with Gasteiger partial charge in [0.15, 0.2) is 0 Å². The Morgan fingerprint density at radius 1 is 1.56 bits per heavy atom. The molecular formula is C10H17NO5. The first-order valence-electron chi connectivity index (χ1n) is 5.10. The Bertz CT molecular complexity index is 296. The molecule has 0 unspecified atom stereocenters. The molecule has 1 fully saturated rings. The third kappa shape index (κ3) is 2.70. The van der Waals surface area contributed by atoms with Gasteiger partial charge in [-0.1, -0.05) is 0 Å². The van der Waals surface area contributed by atoms with E-state index < -0.39 is 36.4 Å². The molecule has 6 heteroatoms. The Hall–Kier alpha value is -1.14. The van der Waals surface area contributed by atoms with E-state index >= 15 is 0 Å². The number of rotatable bonds is 1. The molecule has 92 valence electrons. The summed E-state index contributed by atoms with van der Waals surface area (Å²) < 4.78 is 5.02. The Morgan fingerprint density at radius 3 is 2.56 bits per heavy atom. The van der Waals surface area contributed by atoms with Crippen LogP contribution in [-0.2, 0) is 9.53 Å². The van der Waals surface area contributed by atoms with Crippen LogP contribution in [0.1, 0.15) is 27.2 Å². The zero-order chi connectivity index (χ0) is 12.5. The summed E-state index contributed by atoms with van der Waals surface area (Å²) in [4.78, 5) is 23.9. The molecule has 1 heterocycles. The summed E-state index contributed by atoms with van der Waals surface area (Å²) >= 11 is 0. The number of amides is 2. The van der Waals surface area contributed by atoms with Gasteiger partial charge in [-0.3, -0.25) is 4.79 Å².